The number of nitrogens with one attached hydrogen (secondary N) is 1. The maximum absolute atomic E-state index is 12.1. The maximum atomic E-state index is 12.1. The molecule has 0 spiro atoms. The quantitative estimate of drug-likeness (QED) is 0.898. The van der Waals surface area contributed by atoms with Crippen LogP contribution in [0.4, 0.5) is 4.79 Å². The summed E-state index contributed by atoms with van der Waals surface area (Å²) in [4.78, 5) is 36.1. The van der Waals surface area contributed by atoms with Gasteiger partial charge in [-0.25, -0.2) is 9.59 Å². The molecule has 1 heterocycles. The van der Waals surface area contributed by atoms with Crippen molar-refractivity contribution in [2.75, 3.05) is 7.05 Å². The molecule has 7 heteroatoms. The van der Waals surface area contributed by atoms with Crippen LogP contribution in [0.15, 0.2) is 53.1 Å². The van der Waals surface area contributed by atoms with Crippen molar-refractivity contribution in [3.05, 3.63) is 60.1 Å². The zero-order valence-electron chi connectivity index (χ0n) is 11.7. The van der Waals surface area contributed by atoms with Gasteiger partial charge in [-0.2, -0.15) is 0 Å². The number of nitrogens with zero attached hydrogens (tertiary/aromatic N) is 1. The number of carboxylic acids is 1. The average Bonchev–Trinajstić information content (AvgIpc) is 3.05. The van der Waals surface area contributed by atoms with Crippen molar-refractivity contribution in [1.29, 1.82) is 0 Å². The fraction of sp³-hybridized carbons (Fsp3) is 0.133. The van der Waals surface area contributed by atoms with E-state index >= 15 is 0 Å². The lowest BCUT2D eigenvalue weighted by molar-refractivity contribution is -0.139. The van der Waals surface area contributed by atoms with Crippen LogP contribution in [0, 0.1) is 0 Å². The Balaban J connectivity index is 2.12. The second-order valence-corrected chi connectivity index (χ2v) is 4.47. The van der Waals surface area contributed by atoms with E-state index in [1.807, 2.05) is 0 Å². The second kappa shape index (κ2) is 6.57. The van der Waals surface area contributed by atoms with Crippen LogP contribution < -0.4 is 5.32 Å². The second-order valence-electron chi connectivity index (χ2n) is 4.47. The monoisotopic (exact) mass is 302 g/mol. The molecule has 2 rings (SSSR count). The summed E-state index contributed by atoms with van der Waals surface area (Å²) in [6.45, 7) is 0. The molecule has 1 unspecified atom stereocenters. The Labute approximate surface area is 126 Å². The van der Waals surface area contributed by atoms with Crippen LogP contribution in [0.5, 0.6) is 0 Å². The Morgan fingerprint density at radius 2 is 1.82 bits per heavy atom. The van der Waals surface area contributed by atoms with Gasteiger partial charge in [0, 0.05) is 7.05 Å². The van der Waals surface area contributed by atoms with Gasteiger partial charge in [-0.1, -0.05) is 30.3 Å². The van der Waals surface area contributed by atoms with Crippen molar-refractivity contribution in [3.8, 4) is 0 Å². The van der Waals surface area contributed by atoms with Gasteiger partial charge >= 0.3 is 12.0 Å². The van der Waals surface area contributed by atoms with Gasteiger partial charge in [0.15, 0.2) is 11.8 Å². The van der Waals surface area contributed by atoms with E-state index in [9.17, 15) is 19.5 Å². The first-order valence-electron chi connectivity index (χ1n) is 6.40. The van der Waals surface area contributed by atoms with Crippen LogP contribution in [-0.4, -0.2) is 35.0 Å². The topological polar surface area (TPSA) is 99.9 Å². The molecule has 0 aliphatic carbocycles. The van der Waals surface area contributed by atoms with E-state index in [-0.39, 0.29) is 5.76 Å². The van der Waals surface area contributed by atoms with Gasteiger partial charge < -0.3 is 14.8 Å². The van der Waals surface area contributed by atoms with Crippen LogP contribution >= 0.6 is 0 Å². The molecule has 0 fully saturated rings. The molecular formula is C15H14N2O5. The summed E-state index contributed by atoms with van der Waals surface area (Å²) in [6.07, 6.45) is 1.31. The van der Waals surface area contributed by atoms with Gasteiger partial charge in [0.1, 0.15) is 0 Å². The lowest BCUT2D eigenvalue weighted by Crippen LogP contribution is -2.44. The molecule has 0 radical (unpaired) electrons. The lowest BCUT2D eigenvalue weighted by atomic mass is 10.1. The van der Waals surface area contributed by atoms with Crippen LogP contribution in [0.2, 0.25) is 0 Å². The summed E-state index contributed by atoms with van der Waals surface area (Å²) < 4.78 is 4.92. The van der Waals surface area contributed by atoms with Crippen molar-refractivity contribution >= 4 is 17.9 Å². The summed E-state index contributed by atoms with van der Waals surface area (Å²) in [6, 6.07) is 9.06. The molecule has 0 aliphatic heterocycles. The van der Waals surface area contributed by atoms with Crippen molar-refractivity contribution in [2.24, 2.45) is 0 Å². The minimum atomic E-state index is -1.25. The number of aliphatic carboxylic acids is 1. The van der Waals surface area contributed by atoms with E-state index in [4.69, 9.17) is 4.42 Å². The van der Waals surface area contributed by atoms with Gasteiger partial charge in [0.05, 0.1) is 6.26 Å². The molecule has 0 aliphatic rings. The molecule has 1 atom stereocenters. The number of hydrogen-bond acceptors (Lipinski definition) is 4. The first-order chi connectivity index (χ1) is 10.5. The lowest BCUT2D eigenvalue weighted by Gasteiger charge is -2.19. The zero-order valence-corrected chi connectivity index (χ0v) is 11.7. The van der Waals surface area contributed by atoms with E-state index in [1.54, 1.807) is 30.3 Å². The zero-order chi connectivity index (χ0) is 16.1. The highest BCUT2D eigenvalue weighted by molar-refractivity contribution is 6.03. The normalized spacial score (nSPS) is 11.5. The number of furan rings is 1. The van der Waals surface area contributed by atoms with E-state index in [1.165, 1.54) is 25.4 Å². The summed E-state index contributed by atoms with van der Waals surface area (Å²) in [5.74, 6) is -1.90. The standard InChI is InChI=1S/C15H14N2O5/c1-17(13(18)11-8-5-9-22-11)15(21)16-12(14(19)20)10-6-3-2-4-7-10/h2-9,12H,1H3,(H,16,21)(H,19,20). The molecule has 2 aromatic rings. The number of carboxylic acid groups (broad SMARTS) is 1. The Kier molecular flexibility index (Phi) is 4.57. The fourth-order valence-electron chi connectivity index (χ4n) is 1.81. The molecule has 1 aromatic carbocycles. The number of hydrogen-bond donors (Lipinski definition) is 2. The first-order valence-corrected chi connectivity index (χ1v) is 6.40. The average molecular weight is 302 g/mol. The van der Waals surface area contributed by atoms with Gasteiger partial charge in [-0.3, -0.25) is 9.69 Å². The van der Waals surface area contributed by atoms with E-state index in [0.717, 1.165) is 4.90 Å². The summed E-state index contributed by atoms with van der Waals surface area (Å²) in [5, 5.41) is 11.5. The largest absolute Gasteiger partial charge is 0.479 e. The molecule has 0 saturated carbocycles. The third-order valence-electron chi connectivity index (χ3n) is 2.99. The van der Waals surface area contributed by atoms with E-state index in [0.29, 0.717) is 5.56 Å². The molecule has 1 aromatic heterocycles. The predicted molar refractivity (Wildman–Crippen MR) is 76.2 cm³/mol. The van der Waals surface area contributed by atoms with Crippen LogP contribution in [0.25, 0.3) is 0 Å². The smallest absolute Gasteiger partial charge is 0.330 e. The van der Waals surface area contributed by atoms with Crippen molar-refractivity contribution in [3.63, 3.8) is 0 Å². The highest BCUT2D eigenvalue weighted by Gasteiger charge is 2.27. The van der Waals surface area contributed by atoms with Crippen LogP contribution in [0.1, 0.15) is 22.2 Å². The third kappa shape index (κ3) is 3.32. The minimum Gasteiger partial charge on any atom is -0.479 e. The molecule has 3 amide bonds. The fourth-order valence-corrected chi connectivity index (χ4v) is 1.81. The first kappa shape index (κ1) is 15.3. The molecule has 7 nitrogen and oxygen atoms in total. The van der Waals surface area contributed by atoms with E-state index < -0.39 is 23.9 Å². The molecule has 0 bridgehead atoms. The third-order valence-corrected chi connectivity index (χ3v) is 2.99. The van der Waals surface area contributed by atoms with Gasteiger partial charge in [0.2, 0.25) is 0 Å². The Bertz CT molecular complexity index is 667. The van der Waals surface area contributed by atoms with Gasteiger partial charge in [-0.05, 0) is 17.7 Å². The molecule has 0 saturated heterocycles. The Morgan fingerprint density at radius 1 is 1.14 bits per heavy atom. The minimum absolute atomic E-state index is 0.00997. The van der Waals surface area contributed by atoms with Crippen molar-refractivity contribution < 1.29 is 23.9 Å². The Hall–Kier alpha value is -3.09. The highest BCUT2D eigenvalue weighted by Crippen LogP contribution is 2.13. The summed E-state index contributed by atoms with van der Waals surface area (Å²) in [5.41, 5.74) is 0.405. The number of imide groups is 1. The number of amides is 3. The SMILES string of the molecule is CN(C(=O)NC(C(=O)O)c1ccccc1)C(=O)c1ccco1. The van der Waals surface area contributed by atoms with Gasteiger partial charge in [-0.15, -0.1) is 0 Å². The van der Waals surface area contributed by atoms with Crippen molar-refractivity contribution in [1.82, 2.24) is 10.2 Å². The molecule has 2 N–H and O–H groups in total. The summed E-state index contributed by atoms with van der Waals surface area (Å²) >= 11 is 0. The predicted octanol–water partition coefficient (Wildman–Crippen LogP) is 1.89. The summed E-state index contributed by atoms with van der Waals surface area (Å²) in [7, 11) is 1.24. The molecule has 114 valence electrons. The number of carbonyl (C=O) groups is 3. The molecule has 22 heavy (non-hydrogen) atoms. The number of benzene rings is 1. The van der Waals surface area contributed by atoms with Crippen molar-refractivity contribution in [2.45, 2.75) is 6.04 Å². The number of carbonyl (C=O) groups excluding carboxylic acids is 2. The number of urea groups is 1. The van der Waals surface area contributed by atoms with Crippen LogP contribution in [-0.2, 0) is 4.79 Å². The van der Waals surface area contributed by atoms with E-state index in [2.05, 4.69) is 5.32 Å². The highest BCUT2D eigenvalue weighted by atomic mass is 16.4. The van der Waals surface area contributed by atoms with Crippen LogP contribution in [0.3, 0.4) is 0 Å². The Morgan fingerprint density at radius 3 is 2.36 bits per heavy atom. The number of rotatable bonds is 4. The molecular weight excluding hydrogens is 288 g/mol. The maximum Gasteiger partial charge on any atom is 0.330 e. The van der Waals surface area contributed by atoms with Gasteiger partial charge in [0.25, 0.3) is 5.91 Å².